The first-order valence-electron chi connectivity index (χ1n) is 7.77. The number of methoxy groups -OCH3 is 1. The van der Waals surface area contributed by atoms with Crippen molar-refractivity contribution >= 4 is 11.7 Å². The number of halogens is 4. The van der Waals surface area contributed by atoms with Crippen LogP contribution < -0.4 is 10.1 Å². The van der Waals surface area contributed by atoms with Gasteiger partial charge in [0.1, 0.15) is 6.04 Å². The molecule has 1 N–H and O–H groups in total. The van der Waals surface area contributed by atoms with Crippen LogP contribution in [0.4, 0.5) is 23.2 Å². The Morgan fingerprint density at radius 1 is 1.32 bits per heavy atom. The first-order valence-corrected chi connectivity index (χ1v) is 7.77. The predicted molar refractivity (Wildman–Crippen MR) is 85.8 cm³/mol. The molecular weight excluding hydrogens is 342 g/mol. The first kappa shape index (κ1) is 20.8. The van der Waals surface area contributed by atoms with Crippen LogP contribution in [0.25, 0.3) is 0 Å². The van der Waals surface area contributed by atoms with Crippen molar-refractivity contribution in [3.05, 3.63) is 36.7 Å². The summed E-state index contributed by atoms with van der Waals surface area (Å²) < 4.78 is 58.4. The van der Waals surface area contributed by atoms with E-state index in [-0.39, 0.29) is 5.69 Å². The summed E-state index contributed by atoms with van der Waals surface area (Å²) in [4.78, 5) is 11.8. The average Bonchev–Trinajstić information content (AvgIpc) is 2.54. The van der Waals surface area contributed by atoms with Crippen LogP contribution in [-0.4, -0.2) is 25.5 Å². The van der Waals surface area contributed by atoms with Crippen molar-refractivity contribution in [1.82, 2.24) is 0 Å². The Balaban J connectivity index is 2.71. The molecule has 0 aliphatic rings. The molecule has 8 heteroatoms. The van der Waals surface area contributed by atoms with Crippen molar-refractivity contribution in [3.63, 3.8) is 0 Å². The maximum Gasteiger partial charge on any atom is 0.573 e. The van der Waals surface area contributed by atoms with E-state index in [1.807, 2.05) is 6.08 Å². The van der Waals surface area contributed by atoms with Gasteiger partial charge in [0.05, 0.1) is 7.11 Å². The molecule has 0 saturated carbocycles. The van der Waals surface area contributed by atoms with E-state index in [1.165, 1.54) is 13.2 Å². The largest absolute Gasteiger partial charge is 0.573 e. The molecule has 140 valence electrons. The van der Waals surface area contributed by atoms with Gasteiger partial charge in [-0.15, -0.1) is 19.8 Å². The van der Waals surface area contributed by atoms with Crippen LogP contribution in [-0.2, 0) is 9.53 Å². The zero-order chi connectivity index (χ0) is 18.9. The molecule has 0 bridgehead atoms. The van der Waals surface area contributed by atoms with E-state index in [2.05, 4.69) is 16.6 Å². The quantitative estimate of drug-likeness (QED) is 0.280. The van der Waals surface area contributed by atoms with Gasteiger partial charge in [-0.2, -0.15) is 0 Å². The van der Waals surface area contributed by atoms with Crippen LogP contribution in [0.5, 0.6) is 5.75 Å². The maximum absolute atomic E-state index is 13.7. The van der Waals surface area contributed by atoms with E-state index < -0.39 is 29.9 Å². The number of carbonyl (C=O) groups is 1. The van der Waals surface area contributed by atoms with E-state index >= 15 is 0 Å². The number of ether oxygens (including phenoxy) is 2. The molecule has 0 aliphatic heterocycles. The SMILES string of the molecule is C=CCCCCCC(Nc1ccc(OC(F)(F)F)c(F)c1)C(=O)OC. The van der Waals surface area contributed by atoms with Crippen LogP contribution in [0, 0.1) is 5.82 Å². The van der Waals surface area contributed by atoms with Gasteiger partial charge in [0.25, 0.3) is 0 Å². The molecule has 0 amide bonds. The summed E-state index contributed by atoms with van der Waals surface area (Å²) in [7, 11) is 1.23. The fraction of sp³-hybridized carbons (Fsp3) is 0.471. The molecule has 1 atom stereocenters. The van der Waals surface area contributed by atoms with Crippen LogP contribution in [0.2, 0.25) is 0 Å². The Hall–Kier alpha value is -2.25. The molecule has 0 aromatic heterocycles. The minimum atomic E-state index is -4.98. The molecule has 0 aliphatic carbocycles. The summed E-state index contributed by atoms with van der Waals surface area (Å²) in [6.45, 7) is 3.63. The number of carbonyl (C=O) groups excluding carboxylic acids is 1. The summed E-state index contributed by atoms with van der Waals surface area (Å²) in [6.07, 6.45) is 0.718. The number of esters is 1. The highest BCUT2D eigenvalue weighted by Crippen LogP contribution is 2.28. The third-order valence-electron chi connectivity index (χ3n) is 3.39. The molecule has 0 fully saturated rings. The highest BCUT2D eigenvalue weighted by Gasteiger charge is 2.32. The normalized spacial score (nSPS) is 12.4. The second-order valence-electron chi connectivity index (χ2n) is 5.34. The highest BCUT2D eigenvalue weighted by atomic mass is 19.4. The molecule has 4 nitrogen and oxygen atoms in total. The van der Waals surface area contributed by atoms with Gasteiger partial charge in [-0.1, -0.05) is 18.9 Å². The summed E-state index contributed by atoms with van der Waals surface area (Å²) in [5.41, 5.74) is 0.161. The number of alkyl halides is 3. The second-order valence-corrected chi connectivity index (χ2v) is 5.34. The van der Waals surface area contributed by atoms with Gasteiger partial charge in [-0.3, -0.25) is 0 Å². The summed E-state index contributed by atoms with van der Waals surface area (Å²) in [5.74, 6) is -2.64. The number of hydrogen-bond donors (Lipinski definition) is 1. The second kappa shape index (κ2) is 9.90. The number of hydrogen-bond acceptors (Lipinski definition) is 4. The lowest BCUT2D eigenvalue weighted by Crippen LogP contribution is -2.30. The average molecular weight is 363 g/mol. The molecule has 1 aromatic rings. The van der Waals surface area contributed by atoms with Gasteiger partial charge in [0, 0.05) is 11.8 Å². The van der Waals surface area contributed by atoms with Crippen LogP contribution in [0.15, 0.2) is 30.9 Å². The minimum absolute atomic E-state index is 0.161. The maximum atomic E-state index is 13.7. The fourth-order valence-corrected chi connectivity index (χ4v) is 2.20. The number of allylic oxidation sites excluding steroid dienone is 1. The van der Waals surface area contributed by atoms with E-state index in [0.29, 0.717) is 6.42 Å². The van der Waals surface area contributed by atoms with Gasteiger partial charge in [0.15, 0.2) is 11.6 Å². The smallest absolute Gasteiger partial charge is 0.467 e. The third-order valence-corrected chi connectivity index (χ3v) is 3.39. The highest BCUT2D eigenvalue weighted by molar-refractivity contribution is 5.79. The Labute approximate surface area is 143 Å². The molecule has 1 unspecified atom stereocenters. The van der Waals surface area contributed by atoms with Crippen molar-refractivity contribution in [2.45, 2.75) is 44.5 Å². The van der Waals surface area contributed by atoms with Gasteiger partial charge in [-0.05, 0) is 31.4 Å². The fourth-order valence-electron chi connectivity index (χ4n) is 2.20. The van der Waals surface area contributed by atoms with Gasteiger partial charge < -0.3 is 14.8 Å². The van der Waals surface area contributed by atoms with E-state index in [9.17, 15) is 22.4 Å². The monoisotopic (exact) mass is 363 g/mol. The molecule has 0 spiro atoms. The summed E-state index contributed by atoms with van der Waals surface area (Å²) >= 11 is 0. The standard InChI is InChI=1S/C17H21F4NO3/c1-3-4-5-6-7-8-14(16(23)24-2)22-12-9-10-15(13(18)11-12)25-17(19,20)21/h3,9-11,14,22H,1,4-8H2,2H3. The molecule has 1 rings (SSSR count). The summed E-state index contributed by atoms with van der Waals surface area (Å²) in [5, 5.41) is 2.78. The number of nitrogens with one attached hydrogen (secondary N) is 1. The topological polar surface area (TPSA) is 47.6 Å². The zero-order valence-corrected chi connectivity index (χ0v) is 13.9. The number of anilines is 1. The van der Waals surface area contributed by atoms with Crippen LogP contribution in [0.1, 0.15) is 32.1 Å². The van der Waals surface area contributed by atoms with Crippen molar-refractivity contribution < 1.29 is 31.8 Å². The molecular formula is C17H21F4NO3. The predicted octanol–water partition coefficient (Wildman–Crippen LogP) is 4.81. The number of benzene rings is 1. The lowest BCUT2D eigenvalue weighted by atomic mass is 10.1. The lowest BCUT2D eigenvalue weighted by molar-refractivity contribution is -0.275. The van der Waals surface area contributed by atoms with Crippen LogP contribution in [0.3, 0.4) is 0 Å². The Morgan fingerprint density at radius 3 is 2.60 bits per heavy atom. The third kappa shape index (κ3) is 7.91. The minimum Gasteiger partial charge on any atom is -0.467 e. The van der Waals surface area contributed by atoms with Gasteiger partial charge >= 0.3 is 12.3 Å². The Morgan fingerprint density at radius 2 is 2.04 bits per heavy atom. The summed E-state index contributed by atoms with van der Waals surface area (Å²) in [6, 6.07) is 2.18. The van der Waals surface area contributed by atoms with E-state index in [0.717, 1.165) is 37.8 Å². The molecule has 0 saturated heterocycles. The van der Waals surface area contributed by atoms with Crippen molar-refractivity contribution in [2.75, 3.05) is 12.4 Å². The van der Waals surface area contributed by atoms with Crippen molar-refractivity contribution in [2.24, 2.45) is 0 Å². The lowest BCUT2D eigenvalue weighted by Gasteiger charge is -2.18. The van der Waals surface area contributed by atoms with E-state index in [1.54, 1.807) is 0 Å². The molecule has 0 heterocycles. The van der Waals surface area contributed by atoms with E-state index in [4.69, 9.17) is 4.74 Å². The number of unbranched alkanes of at least 4 members (excludes halogenated alkanes) is 3. The zero-order valence-electron chi connectivity index (χ0n) is 13.9. The molecule has 1 aromatic carbocycles. The first-order chi connectivity index (χ1) is 11.8. The Kier molecular flexibility index (Phi) is 8.24. The Bertz CT molecular complexity index is 576. The number of rotatable bonds is 10. The van der Waals surface area contributed by atoms with Gasteiger partial charge in [0.2, 0.25) is 0 Å². The molecule has 0 radical (unpaired) electrons. The molecule has 25 heavy (non-hydrogen) atoms. The van der Waals surface area contributed by atoms with Crippen molar-refractivity contribution in [1.29, 1.82) is 0 Å². The van der Waals surface area contributed by atoms with Crippen LogP contribution >= 0.6 is 0 Å². The van der Waals surface area contributed by atoms with Crippen molar-refractivity contribution in [3.8, 4) is 5.75 Å². The van der Waals surface area contributed by atoms with Gasteiger partial charge in [-0.25, -0.2) is 9.18 Å².